The van der Waals surface area contributed by atoms with Crippen molar-refractivity contribution in [1.82, 2.24) is 14.9 Å². The van der Waals surface area contributed by atoms with Gasteiger partial charge in [-0.25, -0.2) is 4.98 Å². The van der Waals surface area contributed by atoms with E-state index in [4.69, 9.17) is 0 Å². The van der Waals surface area contributed by atoms with Crippen LogP contribution in [0.15, 0.2) is 6.33 Å². The summed E-state index contributed by atoms with van der Waals surface area (Å²) >= 11 is 0. The number of fused-ring (bicyclic) bond motifs is 1. The minimum Gasteiger partial charge on any atom is -0.334 e. The lowest BCUT2D eigenvalue weighted by Gasteiger charge is -2.15. The molecule has 0 amide bonds. The molecule has 0 aliphatic carbocycles. The minimum absolute atomic E-state index is 0.0220. The molecule has 6 heteroatoms. The Morgan fingerprint density at radius 2 is 2.27 bits per heavy atom. The van der Waals surface area contributed by atoms with Crippen LogP contribution in [0.3, 0.4) is 0 Å². The van der Waals surface area contributed by atoms with E-state index >= 15 is 0 Å². The monoisotopic (exact) mass is 219 g/mol. The third-order valence-electron chi connectivity index (χ3n) is 2.50. The van der Waals surface area contributed by atoms with E-state index in [-0.39, 0.29) is 6.54 Å². The number of imidazole rings is 1. The van der Waals surface area contributed by atoms with Crippen LogP contribution in [-0.2, 0) is 19.5 Å². The predicted molar refractivity (Wildman–Crippen MR) is 48.3 cm³/mol. The molecule has 0 radical (unpaired) electrons. The van der Waals surface area contributed by atoms with Gasteiger partial charge in [0.2, 0.25) is 0 Å². The molecule has 1 aliphatic rings. The smallest absolute Gasteiger partial charge is 0.334 e. The third-order valence-corrected chi connectivity index (χ3v) is 2.50. The maximum absolute atomic E-state index is 12.0. The molecule has 0 aromatic carbocycles. The fraction of sp³-hybridized carbons (Fsp3) is 0.667. The highest BCUT2D eigenvalue weighted by Gasteiger charge is 2.27. The molecule has 0 saturated heterocycles. The normalized spacial score (nSPS) is 16.5. The van der Waals surface area contributed by atoms with Gasteiger partial charge in [0.05, 0.1) is 18.4 Å². The van der Waals surface area contributed by atoms with Crippen LogP contribution in [0.5, 0.6) is 0 Å². The standard InChI is InChI=1S/C9H12F3N3/c10-9(11,12)2-4-15-6-14-7-5-13-3-1-8(7)15/h6,13H,1-5H2. The van der Waals surface area contributed by atoms with E-state index in [0.29, 0.717) is 6.54 Å². The third kappa shape index (κ3) is 2.50. The Labute approximate surface area is 85.3 Å². The molecule has 1 aromatic heterocycles. The SMILES string of the molecule is FC(F)(F)CCn1cnc2c1CCNC2. The molecule has 0 bridgehead atoms. The Kier molecular flexibility index (Phi) is 2.68. The van der Waals surface area contributed by atoms with E-state index in [0.717, 1.165) is 24.4 Å². The van der Waals surface area contributed by atoms with Crippen LogP contribution >= 0.6 is 0 Å². The number of rotatable bonds is 2. The number of hydrogen-bond donors (Lipinski definition) is 1. The topological polar surface area (TPSA) is 29.9 Å². The molecular weight excluding hydrogens is 207 g/mol. The van der Waals surface area contributed by atoms with Crippen molar-refractivity contribution in [3.63, 3.8) is 0 Å². The highest BCUT2D eigenvalue weighted by Crippen LogP contribution is 2.21. The van der Waals surface area contributed by atoms with Gasteiger partial charge in [0.15, 0.2) is 0 Å². The van der Waals surface area contributed by atoms with Gasteiger partial charge in [-0.05, 0) is 0 Å². The van der Waals surface area contributed by atoms with Crippen molar-refractivity contribution in [3.05, 3.63) is 17.7 Å². The van der Waals surface area contributed by atoms with Gasteiger partial charge in [-0.3, -0.25) is 0 Å². The lowest BCUT2D eigenvalue weighted by molar-refractivity contribution is -0.136. The zero-order valence-corrected chi connectivity index (χ0v) is 8.14. The molecular formula is C9H12F3N3. The molecule has 3 nitrogen and oxygen atoms in total. The quantitative estimate of drug-likeness (QED) is 0.816. The number of nitrogens with one attached hydrogen (secondary N) is 1. The molecule has 0 spiro atoms. The van der Waals surface area contributed by atoms with Crippen LogP contribution in [0.1, 0.15) is 17.8 Å². The number of hydrogen-bond acceptors (Lipinski definition) is 2. The highest BCUT2D eigenvalue weighted by atomic mass is 19.4. The second-order valence-corrected chi connectivity index (χ2v) is 3.62. The van der Waals surface area contributed by atoms with Crippen LogP contribution in [0.2, 0.25) is 0 Å². The Balaban J connectivity index is 2.06. The van der Waals surface area contributed by atoms with E-state index in [1.165, 1.54) is 6.33 Å². The average molecular weight is 219 g/mol. The summed E-state index contributed by atoms with van der Waals surface area (Å²) in [5.74, 6) is 0. The first-order valence-electron chi connectivity index (χ1n) is 4.86. The number of nitrogens with zero attached hydrogens (tertiary/aromatic N) is 2. The highest BCUT2D eigenvalue weighted by molar-refractivity contribution is 5.16. The van der Waals surface area contributed by atoms with Gasteiger partial charge in [-0.2, -0.15) is 13.2 Å². The molecule has 2 heterocycles. The van der Waals surface area contributed by atoms with Crippen molar-refractivity contribution < 1.29 is 13.2 Å². The minimum atomic E-state index is -4.09. The molecule has 0 atom stereocenters. The van der Waals surface area contributed by atoms with Gasteiger partial charge < -0.3 is 9.88 Å². The second kappa shape index (κ2) is 3.84. The van der Waals surface area contributed by atoms with Gasteiger partial charge in [0, 0.05) is 31.7 Å². The maximum Gasteiger partial charge on any atom is 0.390 e. The first-order valence-corrected chi connectivity index (χ1v) is 4.86. The molecule has 0 unspecified atom stereocenters. The van der Waals surface area contributed by atoms with Gasteiger partial charge in [0.1, 0.15) is 0 Å². The van der Waals surface area contributed by atoms with E-state index in [2.05, 4.69) is 10.3 Å². The molecule has 0 saturated carbocycles. The lowest BCUT2D eigenvalue weighted by Crippen LogP contribution is -2.25. The van der Waals surface area contributed by atoms with Crippen LogP contribution < -0.4 is 5.32 Å². The van der Waals surface area contributed by atoms with Gasteiger partial charge in [-0.1, -0.05) is 0 Å². The summed E-state index contributed by atoms with van der Waals surface area (Å²) in [4.78, 5) is 4.09. The summed E-state index contributed by atoms with van der Waals surface area (Å²) in [5, 5.41) is 3.13. The van der Waals surface area contributed by atoms with E-state index in [1.54, 1.807) is 4.57 Å². The Bertz CT molecular complexity index is 343. The number of alkyl halides is 3. The number of halogens is 3. The Morgan fingerprint density at radius 1 is 1.47 bits per heavy atom. The first kappa shape index (κ1) is 10.5. The Morgan fingerprint density at radius 3 is 3.00 bits per heavy atom. The molecule has 1 aromatic rings. The van der Waals surface area contributed by atoms with Crippen LogP contribution in [-0.4, -0.2) is 22.3 Å². The second-order valence-electron chi connectivity index (χ2n) is 3.62. The molecule has 1 N–H and O–H groups in total. The predicted octanol–water partition coefficient (Wildman–Crippen LogP) is 1.48. The zero-order chi connectivity index (χ0) is 10.9. The molecule has 84 valence electrons. The van der Waals surface area contributed by atoms with Crippen molar-refractivity contribution in [2.24, 2.45) is 0 Å². The average Bonchev–Trinajstić information content (AvgIpc) is 2.57. The number of aryl methyl sites for hydroxylation is 1. The fourth-order valence-electron chi connectivity index (χ4n) is 1.74. The van der Waals surface area contributed by atoms with E-state index in [1.807, 2.05) is 0 Å². The maximum atomic E-state index is 12.0. The molecule has 15 heavy (non-hydrogen) atoms. The summed E-state index contributed by atoms with van der Waals surface area (Å²) in [5.41, 5.74) is 1.82. The van der Waals surface area contributed by atoms with Crippen LogP contribution in [0.4, 0.5) is 13.2 Å². The van der Waals surface area contributed by atoms with Crippen LogP contribution in [0, 0.1) is 0 Å². The summed E-state index contributed by atoms with van der Waals surface area (Å²) in [6, 6.07) is 0. The number of aromatic nitrogens is 2. The first-order chi connectivity index (χ1) is 7.06. The molecule has 1 aliphatic heterocycles. The Hall–Kier alpha value is -1.04. The largest absolute Gasteiger partial charge is 0.390 e. The van der Waals surface area contributed by atoms with Gasteiger partial charge in [0.25, 0.3) is 0 Å². The fourth-order valence-corrected chi connectivity index (χ4v) is 1.74. The van der Waals surface area contributed by atoms with Gasteiger partial charge >= 0.3 is 6.18 Å². The van der Waals surface area contributed by atoms with Crippen molar-refractivity contribution in [2.75, 3.05) is 6.54 Å². The lowest BCUT2D eigenvalue weighted by atomic mass is 10.2. The van der Waals surface area contributed by atoms with Crippen molar-refractivity contribution in [2.45, 2.75) is 32.1 Å². The van der Waals surface area contributed by atoms with Gasteiger partial charge in [-0.15, -0.1) is 0 Å². The molecule has 2 rings (SSSR count). The molecule has 0 fully saturated rings. The van der Waals surface area contributed by atoms with E-state index < -0.39 is 12.6 Å². The van der Waals surface area contributed by atoms with Crippen molar-refractivity contribution in [3.8, 4) is 0 Å². The van der Waals surface area contributed by atoms with Crippen LogP contribution in [0.25, 0.3) is 0 Å². The summed E-state index contributed by atoms with van der Waals surface area (Å²) in [6.45, 7) is 1.45. The van der Waals surface area contributed by atoms with Crippen molar-refractivity contribution >= 4 is 0 Å². The van der Waals surface area contributed by atoms with Crippen molar-refractivity contribution in [1.29, 1.82) is 0 Å². The summed E-state index contributed by atoms with van der Waals surface area (Å²) in [7, 11) is 0. The summed E-state index contributed by atoms with van der Waals surface area (Å²) < 4.78 is 37.7. The zero-order valence-electron chi connectivity index (χ0n) is 8.14. The van der Waals surface area contributed by atoms with E-state index in [9.17, 15) is 13.2 Å². The summed E-state index contributed by atoms with van der Waals surface area (Å²) in [6.07, 6.45) is -2.62.